The Morgan fingerprint density at radius 2 is 2.00 bits per heavy atom. The molecule has 0 unspecified atom stereocenters. The van der Waals surface area contributed by atoms with E-state index in [9.17, 15) is 4.79 Å². The Hall–Kier alpha value is -2.47. The summed E-state index contributed by atoms with van der Waals surface area (Å²) < 4.78 is 0. The van der Waals surface area contributed by atoms with Crippen LogP contribution in [0.2, 0.25) is 0 Å². The van der Waals surface area contributed by atoms with Gasteiger partial charge in [0.05, 0.1) is 17.4 Å². The normalized spacial score (nSPS) is 10.0. The van der Waals surface area contributed by atoms with E-state index in [2.05, 4.69) is 20.7 Å². The van der Waals surface area contributed by atoms with Gasteiger partial charge in [0, 0.05) is 25.1 Å². The summed E-state index contributed by atoms with van der Waals surface area (Å²) in [6.07, 6.45) is 6.51. The number of anilines is 1. The fourth-order valence-electron chi connectivity index (χ4n) is 1.66. The minimum absolute atomic E-state index is 0.210. The molecule has 0 spiro atoms. The first-order valence-corrected chi connectivity index (χ1v) is 5.80. The first-order chi connectivity index (χ1) is 9.22. The summed E-state index contributed by atoms with van der Waals surface area (Å²) in [5, 5.41) is 2.83. The number of aromatic nitrogens is 2. The Balaban J connectivity index is 2.08. The van der Waals surface area contributed by atoms with Crippen molar-refractivity contribution in [3.05, 3.63) is 53.6 Å². The average Bonchev–Trinajstić information content (AvgIpc) is 2.46. The quantitative estimate of drug-likeness (QED) is 0.561. The third-order valence-electron chi connectivity index (χ3n) is 2.81. The molecule has 98 valence electrons. The summed E-state index contributed by atoms with van der Waals surface area (Å²) in [6.45, 7) is 2.40. The Morgan fingerprint density at radius 3 is 2.74 bits per heavy atom. The highest BCUT2D eigenvalue weighted by Crippen LogP contribution is 2.12. The number of nitrogen functional groups attached to an aromatic ring is 1. The van der Waals surface area contributed by atoms with E-state index in [0.29, 0.717) is 17.8 Å². The Bertz CT molecular complexity index is 585. The zero-order valence-electron chi connectivity index (χ0n) is 10.6. The van der Waals surface area contributed by atoms with Crippen molar-refractivity contribution < 1.29 is 4.79 Å². The molecule has 19 heavy (non-hydrogen) atoms. The lowest BCUT2D eigenvalue weighted by molar-refractivity contribution is 0.0951. The summed E-state index contributed by atoms with van der Waals surface area (Å²) in [5.74, 6) is 5.13. The molecule has 2 aromatic rings. The van der Waals surface area contributed by atoms with Crippen LogP contribution < -0.4 is 16.6 Å². The van der Waals surface area contributed by atoms with Gasteiger partial charge in [0.15, 0.2) is 0 Å². The highest BCUT2D eigenvalue weighted by Gasteiger charge is 2.10. The minimum Gasteiger partial charge on any atom is -0.348 e. The van der Waals surface area contributed by atoms with Crippen molar-refractivity contribution in [1.82, 2.24) is 15.3 Å². The molecule has 6 nitrogen and oxygen atoms in total. The predicted octanol–water partition coefficient (Wildman–Crippen LogP) is 1.00. The topological polar surface area (TPSA) is 92.9 Å². The van der Waals surface area contributed by atoms with E-state index in [0.717, 1.165) is 11.1 Å². The third kappa shape index (κ3) is 3.05. The van der Waals surface area contributed by atoms with Crippen LogP contribution in [0.4, 0.5) is 5.69 Å². The van der Waals surface area contributed by atoms with Crippen LogP contribution in [0.25, 0.3) is 0 Å². The molecule has 4 N–H and O–H groups in total. The van der Waals surface area contributed by atoms with Gasteiger partial charge in [0.2, 0.25) is 0 Å². The lowest BCUT2D eigenvalue weighted by Crippen LogP contribution is -2.25. The Labute approximate surface area is 111 Å². The molecule has 0 aromatic carbocycles. The molecule has 0 aliphatic heterocycles. The molecular weight excluding hydrogens is 242 g/mol. The van der Waals surface area contributed by atoms with Gasteiger partial charge in [-0.15, -0.1) is 0 Å². The molecule has 0 fully saturated rings. The number of pyridine rings is 2. The van der Waals surface area contributed by atoms with Crippen LogP contribution in [-0.2, 0) is 6.54 Å². The monoisotopic (exact) mass is 257 g/mol. The van der Waals surface area contributed by atoms with Gasteiger partial charge < -0.3 is 10.7 Å². The molecule has 0 aliphatic rings. The number of hydrazine groups is 1. The van der Waals surface area contributed by atoms with Crippen LogP contribution in [0.3, 0.4) is 0 Å². The molecule has 0 aliphatic carbocycles. The number of amides is 1. The molecule has 2 heterocycles. The van der Waals surface area contributed by atoms with Crippen molar-refractivity contribution in [2.75, 3.05) is 5.43 Å². The fourth-order valence-corrected chi connectivity index (χ4v) is 1.66. The van der Waals surface area contributed by atoms with Crippen molar-refractivity contribution in [3.63, 3.8) is 0 Å². The summed E-state index contributed by atoms with van der Waals surface area (Å²) in [4.78, 5) is 20.0. The van der Waals surface area contributed by atoms with Gasteiger partial charge in [-0.1, -0.05) is 0 Å². The molecule has 0 saturated heterocycles. The van der Waals surface area contributed by atoms with E-state index in [1.54, 1.807) is 24.7 Å². The number of hydrogen-bond donors (Lipinski definition) is 3. The van der Waals surface area contributed by atoms with Gasteiger partial charge in [-0.25, -0.2) is 0 Å². The van der Waals surface area contributed by atoms with Crippen LogP contribution in [0.1, 0.15) is 21.5 Å². The van der Waals surface area contributed by atoms with Gasteiger partial charge in [0.1, 0.15) is 0 Å². The zero-order valence-corrected chi connectivity index (χ0v) is 10.6. The van der Waals surface area contributed by atoms with Crippen molar-refractivity contribution in [1.29, 1.82) is 0 Å². The predicted molar refractivity (Wildman–Crippen MR) is 72.2 cm³/mol. The molecule has 2 aromatic heterocycles. The highest BCUT2D eigenvalue weighted by molar-refractivity contribution is 5.99. The van der Waals surface area contributed by atoms with Gasteiger partial charge in [-0.3, -0.25) is 20.6 Å². The van der Waals surface area contributed by atoms with Crippen molar-refractivity contribution in [2.45, 2.75) is 13.5 Å². The maximum atomic E-state index is 12.1. The number of rotatable bonds is 4. The minimum atomic E-state index is -0.210. The second kappa shape index (κ2) is 5.92. The van der Waals surface area contributed by atoms with Crippen LogP contribution >= 0.6 is 0 Å². The number of hydrogen-bond acceptors (Lipinski definition) is 5. The first kappa shape index (κ1) is 13.0. The summed E-state index contributed by atoms with van der Waals surface area (Å²) in [5.41, 5.74) is 5.46. The maximum Gasteiger partial charge on any atom is 0.253 e. The van der Waals surface area contributed by atoms with Gasteiger partial charge in [-0.2, -0.15) is 0 Å². The van der Waals surface area contributed by atoms with Crippen LogP contribution in [0.15, 0.2) is 36.9 Å². The van der Waals surface area contributed by atoms with Crippen LogP contribution in [0.5, 0.6) is 0 Å². The summed E-state index contributed by atoms with van der Waals surface area (Å²) in [6, 6.07) is 3.52. The van der Waals surface area contributed by atoms with Crippen molar-refractivity contribution in [2.24, 2.45) is 5.84 Å². The van der Waals surface area contributed by atoms with E-state index in [-0.39, 0.29) is 5.91 Å². The molecule has 0 bridgehead atoms. The van der Waals surface area contributed by atoms with E-state index in [4.69, 9.17) is 5.84 Å². The first-order valence-electron chi connectivity index (χ1n) is 5.80. The molecule has 1 amide bonds. The molecular formula is C13H15N5O. The lowest BCUT2D eigenvalue weighted by atomic mass is 10.1. The second-order valence-electron chi connectivity index (χ2n) is 4.05. The standard InChI is InChI=1S/C13H15N5O/c1-9-2-4-15-6-10(9)7-17-13(19)11-3-5-16-8-12(11)18-14/h2-6,8,18H,7,14H2,1H3,(H,17,19). The molecule has 0 atom stereocenters. The van der Waals surface area contributed by atoms with Crippen LogP contribution in [0, 0.1) is 6.92 Å². The fraction of sp³-hybridized carbons (Fsp3) is 0.154. The Morgan fingerprint density at radius 1 is 1.26 bits per heavy atom. The molecule has 2 rings (SSSR count). The van der Waals surface area contributed by atoms with Crippen molar-refractivity contribution in [3.8, 4) is 0 Å². The summed E-state index contributed by atoms with van der Waals surface area (Å²) in [7, 11) is 0. The molecule has 0 radical (unpaired) electrons. The van der Waals surface area contributed by atoms with Crippen LogP contribution in [-0.4, -0.2) is 15.9 Å². The smallest absolute Gasteiger partial charge is 0.253 e. The second-order valence-corrected chi connectivity index (χ2v) is 4.05. The van der Waals surface area contributed by atoms with E-state index >= 15 is 0 Å². The average molecular weight is 257 g/mol. The summed E-state index contributed by atoms with van der Waals surface area (Å²) >= 11 is 0. The highest BCUT2D eigenvalue weighted by atomic mass is 16.1. The van der Waals surface area contributed by atoms with Gasteiger partial charge in [-0.05, 0) is 30.2 Å². The molecule has 6 heteroatoms. The van der Waals surface area contributed by atoms with E-state index in [1.165, 1.54) is 6.20 Å². The number of nitrogens with two attached hydrogens (primary N) is 1. The molecule has 0 saturated carbocycles. The lowest BCUT2D eigenvalue weighted by Gasteiger charge is -2.10. The van der Waals surface area contributed by atoms with E-state index in [1.807, 2.05) is 13.0 Å². The SMILES string of the molecule is Cc1ccncc1CNC(=O)c1ccncc1NN. The number of nitrogens with zero attached hydrogens (tertiary/aromatic N) is 2. The van der Waals surface area contributed by atoms with Gasteiger partial charge in [0.25, 0.3) is 5.91 Å². The Kier molecular flexibility index (Phi) is 4.04. The largest absolute Gasteiger partial charge is 0.348 e. The zero-order chi connectivity index (χ0) is 13.7. The maximum absolute atomic E-state index is 12.1. The number of carbonyl (C=O) groups excluding carboxylic acids is 1. The van der Waals surface area contributed by atoms with Crippen molar-refractivity contribution >= 4 is 11.6 Å². The number of nitrogens with one attached hydrogen (secondary N) is 2. The number of carbonyl (C=O) groups is 1. The number of aryl methyl sites for hydroxylation is 1. The van der Waals surface area contributed by atoms with Gasteiger partial charge >= 0.3 is 0 Å². The van der Waals surface area contributed by atoms with E-state index < -0.39 is 0 Å². The third-order valence-corrected chi connectivity index (χ3v) is 2.81.